The summed E-state index contributed by atoms with van der Waals surface area (Å²) in [6.07, 6.45) is 0. The summed E-state index contributed by atoms with van der Waals surface area (Å²) in [6.45, 7) is 2.30. The van der Waals surface area contributed by atoms with E-state index in [4.69, 9.17) is 0 Å². The summed E-state index contributed by atoms with van der Waals surface area (Å²) in [7, 11) is 1.73. The number of hydrogen-bond donors (Lipinski definition) is 1. The van der Waals surface area contributed by atoms with Gasteiger partial charge in [-0.2, -0.15) is 0 Å². The molecule has 0 spiro atoms. The Balaban J connectivity index is 2.17. The molecule has 0 atom stereocenters. The van der Waals surface area contributed by atoms with Crippen LogP contribution in [0.15, 0.2) is 33.4 Å². The molecule has 0 saturated heterocycles. The highest BCUT2D eigenvalue weighted by Crippen LogP contribution is 2.25. The molecule has 2 aromatic rings. The van der Waals surface area contributed by atoms with E-state index in [1.807, 2.05) is 11.4 Å². The van der Waals surface area contributed by atoms with Crippen molar-refractivity contribution in [1.29, 1.82) is 0 Å². The maximum absolute atomic E-state index is 12.3. The zero-order valence-corrected chi connectivity index (χ0v) is 13.1. The van der Waals surface area contributed by atoms with E-state index >= 15 is 0 Å². The van der Waals surface area contributed by atoms with Gasteiger partial charge in [0, 0.05) is 13.6 Å². The molecule has 0 saturated carbocycles. The first-order chi connectivity index (χ1) is 8.99. The van der Waals surface area contributed by atoms with Gasteiger partial charge in [-0.15, -0.1) is 11.3 Å². The number of para-hydroxylation sites is 1. The summed E-state index contributed by atoms with van der Waals surface area (Å²) in [5.74, 6) is -0.116. The fourth-order valence-corrected chi connectivity index (χ4v) is 3.01. The van der Waals surface area contributed by atoms with Gasteiger partial charge >= 0.3 is 0 Å². The maximum atomic E-state index is 12.3. The molecule has 2 rings (SSSR count). The highest BCUT2D eigenvalue weighted by molar-refractivity contribution is 9.11. The summed E-state index contributed by atoms with van der Waals surface area (Å²) in [5, 5.41) is 11.9. The second kappa shape index (κ2) is 5.75. The Morgan fingerprint density at radius 2 is 2.21 bits per heavy atom. The van der Waals surface area contributed by atoms with Gasteiger partial charge in [0.1, 0.15) is 5.75 Å². The van der Waals surface area contributed by atoms with Crippen LogP contribution in [0, 0.1) is 6.92 Å². The van der Waals surface area contributed by atoms with Crippen LogP contribution in [0.3, 0.4) is 0 Å². The van der Waals surface area contributed by atoms with Crippen molar-refractivity contribution >= 4 is 33.2 Å². The summed E-state index contributed by atoms with van der Waals surface area (Å²) >= 11 is 4.99. The average Bonchev–Trinajstić information content (AvgIpc) is 2.77. The number of amides is 1. The topological polar surface area (TPSA) is 40.5 Å². The van der Waals surface area contributed by atoms with Gasteiger partial charge in [-0.25, -0.2) is 0 Å². The Morgan fingerprint density at radius 1 is 1.47 bits per heavy atom. The number of phenolic OH excluding ortho intramolecular Hbond substituents is 1. The van der Waals surface area contributed by atoms with Crippen LogP contribution in [0.25, 0.3) is 0 Å². The van der Waals surface area contributed by atoms with Crippen molar-refractivity contribution < 1.29 is 9.90 Å². The SMILES string of the molecule is Cc1cccc(C(=O)N(C)Cc2csc(Br)c2)c1O. The van der Waals surface area contributed by atoms with E-state index in [9.17, 15) is 9.90 Å². The van der Waals surface area contributed by atoms with Crippen molar-refractivity contribution in [2.45, 2.75) is 13.5 Å². The van der Waals surface area contributed by atoms with E-state index in [-0.39, 0.29) is 11.7 Å². The maximum Gasteiger partial charge on any atom is 0.257 e. The molecule has 3 nitrogen and oxygen atoms in total. The zero-order valence-electron chi connectivity index (χ0n) is 10.7. The smallest absolute Gasteiger partial charge is 0.257 e. The van der Waals surface area contributed by atoms with Gasteiger partial charge in [0.2, 0.25) is 0 Å². The zero-order chi connectivity index (χ0) is 14.0. The van der Waals surface area contributed by atoms with Crippen LogP contribution in [0.4, 0.5) is 0 Å². The lowest BCUT2D eigenvalue weighted by molar-refractivity contribution is 0.0782. The molecule has 0 aliphatic rings. The van der Waals surface area contributed by atoms with E-state index in [2.05, 4.69) is 15.9 Å². The molecular weight excluding hydrogens is 326 g/mol. The Morgan fingerprint density at radius 3 is 2.84 bits per heavy atom. The van der Waals surface area contributed by atoms with Crippen LogP contribution in [-0.4, -0.2) is 23.0 Å². The van der Waals surface area contributed by atoms with Crippen LogP contribution in [0.1, 0.15) is 21.5 Å². The van der Waals surface area contributed by atoms with Crippen LogP contribution in [-0.2, 0) is 6.54 Å². The van der Waals surface area contributed by atoms with E-state index in [0.717, 1.165) is 9.35 Å². The minimum atomic E-state index is -0.177. The number of benzene rings is 1. The Kier molecular flexibility index (Phi) is 4.27. The average molecular weight is 340 g/mol. The Labute approximate surface area is 124 Å². The molecule has 1 aromatic carbocycles. The van der Waals surface area contributed by atoms with E-state index in [0.29, 0.717) is 17.7 Å². The predicted octanol–water partition coefficient (Wildman–Crippen LogP) is 3.80. The number of nitrogens with zero attached hydrogens (tertiary/aromatic N) is 1. The quantitative estimate of drug-likeness (QED) is 0.923. The normalized spacial score (nSPS) is 10.5. The first kappa shape index (κ1) is 14.1. The molecule has 0 aliphatic heterocycles. The molecule has 1 N–H and O–H groups in total. The third kappa shape index (κ3) is 3.16. The molecule has 19 heavy (non-hydrogen) atoms. The minimum absolute atomic E-state index is 0.0610. The fraction of sp³-hybridized carbons (Fsp3) is 0.214. The number of rotatable bonds is 3. The molecule has 5 heteroatoms. The van der Waals surface area contributed by atoms with Gasteiger partial charge in [-0.3, -0.25) is 4.79 Å². The molecule has 100 valence electrons. The highest BCUT2D eigenvalue weighted by atomic mass is 79.9. The molecule has 0 fully saturated rings. The summed E-state index contributed by atoms with van der Waals surface area (Å²) in [4.78, 5) is 13.9. The van der Waals surface area contributed by atoms with Gasteiger partial charge in [0.15, 0.2) is 0 Å². The van der Waals surface area contributed by atoms with E-state index in [1.54, 1.807) is 48.4 Å². The summed E-state index contributed by atoms with van der Waals surface area (Å²) < 4.78 is 1.04. The number of carbonyl (C=O) groups excluding carboxylic acids is 1. The Hall–Kier alpha value is -1.33. The highest BCUT2D eigenvalue weighted by Gasteiger charge is 2.17. The van der Waals surface area contributed by atoms with Crippen molar-refractivity contribution in [2.75, 3.05) is 7.05 Å². The number of carbonyl (C=O) groups is 1. The van der Waals surface area contributed by atoms with Gasteiger partial charge in [0.25, 0.3) is 5.91 Å². The second-order valence-electron chi connectivity index (χ2n) is 4.39. The third-order valence-electron chi connectivity index (χ3n) is 2.86. The van der Waals surface area contributed by atoms with E-state index < -0.39 is 0 Å². The van der Waals surface area contributed by atoms with Crippen molar-refractivity contribution in [2.24, 2.45) is 0 Å². The Bertz CT molecular complexity index is 609. The molecule has 0 unspecified atom stereocenters. The van der Waals surface area contributed by atoms with Crippen molar-refractivity contribution in [1.82, 2.24) is 4.90 Å². The van der Waals surface area contributed by atoms with Crippen LogP contribution in [0.5, 0.6) is 5.75 Å². The number of hydrogen-bond acceptors (Lipinski definition) is 3. The monoisotopic (exact) mass is 339 g/mol. The lowest BCUT2D eigenvalue weighted by atomic mass is 10.1. The van der Waals surface area contributed by atoms with Gasteiger partial charge in [-0.1, -0.05) is 12.1 Å². The molecule has 1 aromatic heterocycles. The van der Waals surface area contributed by atoms with Crippen molar-refractivity contribution in [3.63, 3.8) is 0 Å². The first-order valence-electron chi connectivity index (χ1n) is 5.76. The molecule has 0 aliphatic carbocycles. The first-order valence-corrected chi connectivity index (χ1v) is 7.43. The van der Waals surface area contributed by atoms with Crippen molar-refractivity contribution in [3.8, 4) is 5.75 Å². The molecule has 1 amide bonds. The van der Waals surface area contributed by atoms with Crippen molar-refractivity contribution in [3.05, 3.63) is 50.1 Å². The molecule has 1 heterocycles. The van der Waals surface area contributed by atoms with E-state index in [1.165, 1.54) is 0 Å². The number of aromatic hydroxyl groups is 1. The summed E-state index contributed by atoms with van der Waals surface area (Å²) in [6, 6.07) is 7.19. The second-order valence-corrected chi connectivity index (χ2v) is 6.68. The third-order valence-corrected chi connectivity index (χ3v) is 4.41. The predicted molar refractivity (Wildman–Crippen MR) is 80.7 cm³/mol. The van der Waals surface area contributed by atoms with Gasteiger partial charge in [0.05, 0.1) is 9.35 Å². The molecular formula is C14H14BrNO2S. The molecule has 0 radical (unpaired) electrons. The lowest BCUT2D eigenvalue weighted by Gasteiger charge is -2.17. The van der Waals surface area contributed by atoms with Gasteiger partial charge in [-0.05, 0) is 51.5 Å². The van der Waals surface area contributed by atoms with Crippen LogP contribution < -0.4 is 0 Å². The van der Waals surface area contributed by atoms with Gasteiger partial charge < -0.3 is 10.0 Å². The summed E-state index contributed by atoms with van der Waals surface area (Å²) in [5.41, 5.74) is 2.12. The van der Waals surface area contributed by atoms with Crippen LogP contribution in [0.2, 0.25) is 0 Å². The standard InChI is InChI=1S/C14H14BrNO2S/c1-9-4-3-5-11(13(9)17)14(18)16(2)7-10-6-12(15)19-8-10/h3-6,8,17H,7H2,1-2H3. The largest absolute Gasteiger partial charge is 0.507 e. The lowest BCUT2D eigenvalue weighted by Crippen LogP contribution is -2.26. The minimum Gasteiger partial charge on any atom is -0.507 e. The van der Waals surface area contributed by atoms with Crippen LogP contribution >= 0.6 is 27.3 Å². The number of halogens is 1. The number of thiophene rings is 1. The number of phenols is 1. The number of aryl methyl sites for hydroxylation is 1. The molecule has 0 bridgehead atoms. The fourth-order valence-electron chi connectivity index (χ4n) is 1.81.